The third-order valence-corrected chi connectivity index (χ3v) is 2.60. The SMILES string of the molecule is NC(=O)CC(NC(=O)c1ccc2ocnc2c1)C(=O)O. The number of hydrogen-bond donors (Lipinski definition) is 3. The van der Waals surface area contributed by atoms with Crippen molar-refractivity contribution in [3.8, 4) is 0 Å². The summed E-state index contributed by atoms with van der Waals surface area (Å²) in [7, 11) is 0. The summed E-state index contributed by atoms with van der Waals surface area (Å²) < 4.78 is 5.03. The molecule has 4 N–H and O–H groups in total. The minimum absolute atomic E-state index is 0.210. The van der Waals surface area contributed by atoms with Crippen LogP contribution in [0.25, 0.3) is 11.1 Å². The molecular formula is C12H11N3O5. The average molecular weight is 277 g/mol. The van der Waals surface area contributed by atoms with Crippen molar-refractivity contribution in [1.29, 1.82) is 0 Å². The van der Waals surface area contributed by atoms with Crippen molar-refractivity contribution in [2.45, 2.75) is 12.5 Å². The van der Waals surface area contributed by atoms with E-state index >= 15 is 0 Å². The van der Waals surface area contributed by atoms with Gasteiger partial charge in [-0.15, -0.1) is 0 Å². The number of carbonyl (C=O) groups is 3. The fourth-order valence-corrected chi connectivity index (χ4v) is 1.64. The standard InChI is InChI=1S/C12H11N3O5/c13-10(16)4-8(12(18)19)15-11(17)6-1-2-9-7(3-6)14-5-20-9/h1-3,5,8H,4H2,(H2,13,16)(H,15,17)(H,18,19). The van der Waals surface area contributed by atoms with Gasteiger partial charge in [0.25, 0.3) is 5.91 Å². The number of hydrogen-bond acceptors (Lipinski definition) is 5. The minimum Gasteiger partial charge on any atom is -0.480 e. The molecule has 1 aromatic carbocycles. The van der Waals surface area contributed by atoms with Gasteiger partial charge in [-0.05, 0) is 18.2 Å². The molecule has 1 heterocycles. The number of carboxylic acid groups (broad SMARTS) is 1. The monoisotopic (exact) mass is 277 g/mol. The first kappa shape index (κ1) is 13.5. The number of benzene rings is 1. The van der Waals surface area contributed by atoms with Crippen LogP contribution in [-0.4, -0.2) is 33.9 Å². The molecular weight excluding hydrogens is 266 g/mol. The summed E-state index contributed by atoms with van der Waals surface area (Å²) in [5.74, 6) is -2.78. The van der Waals surface area contributed by atoms with Gasteiger partial charge in [0, 0.05) is 5.56 Å². The van der Waals surface area contributed by atoms with Gasteiger partial charge in [0.15, 0.2) is 12.0 Å². The topological polar surface area (TPSA) is 136 Å². The number of nitrogens with one attached hydrogen (secondary N) is 1. The molecule has 0 bridgehead atoms. The van der Waals surface area contributed by atoms with Gasteiger partial charge in [0.05, 0.1) is 6.42 Å². The summed E-state index contributed by atoms with van der Waals surface area (Å²) in [6.45, 7) is 0. The number of nitrogens with zero attached hydrogens (tertiary/aromatic N) is 1. The lowest BCUT2D eigenvalue weighted by Gasteiger charge is -2.12. The first-order valence-corrected chi connectivity index (χ1v) is 5.62. The lowest BCUT2D eigenvalue weighted by atomic mass is 10.1. The Labute approximate surface area is 112 Å². The van der Waals surface area contributed by atoms with Crippen LogP contribution < -0.4 is 11.1 Å². The van der Waals surface area contributed by atoms with Crippen LogP contribution in [0.5, 0.6) is 0 Å². The zero-order valence-corrected chi connectivity index (χ0v) is 10.2. The number of rotatable bonds is 5. The third kappa shape index (κ3) is 2.91. The molecule has 104 valence electrons. The fourth-order valence-electron chi connectivity index (χ4n) is 1.64. The molecule has 1 atom stereocenters. The Morgan fingerprint density at radius 1 is 1.40 bits per heavy atom. The summed E-state index contributed by atoms with van der Waals surface area (Å²) >= 11 is 0. The number of carbonyl (C=O) groups excluding carboxylic acids is 2. The summed E-state index contributed by atoms with van der Waals surface area (Å²) in [5.41, 5.74) is 6.12. The maximum Gasteiger partial charge on any atom is 0.326 e. The third-order valence-electron chi connectivity index (χ3n) is 2.60. The van der Waals surface area contributed by atoms with E-state index in [0.29, 0.717) is 11.1 Å². The lowest BCUT2D eigenvalue weighted by Crippen LogP contribution is -2.43. The lowest BCUT2D eigenvalue weighted by molar-refractivity contribution is -0.140. The molecule has 2 rings (SSSR count). The number of carboxylic acids is 1. The van der Waals surface area contributed by atoms with E-state index < -0.39 is 30.2 Å². The van der Waals surface area contributed by atoms with Gasteiger partial charge in [-0.1, -0.05) is 0 Å². The van der Waals surface area contributed by atoms with Crippen molar-refractivity contribution in [3.63, 3.8) is 0 Å². The average Bonchev–Trinajstić information content (AvgIpc) is 2.84. The first-order valence-electron chi connectivity index (χ1n) is 5.62. The molecule has 0 saturated carbocycles. The zero-order valence-electron chi connectivity index (χ0n) is 10.2. The Bertz CT molecular complexity index is 679. The van der Waals surface area contributed by atoms with E-state index in [1.54, 1.807) is 6.07 Å². The predicted molar refractivity (Wildman–Crippen MR) is 66.7 cm³/mol. The second-order valence-electron chi connectivity index (χ2n) is 4.07. The van der Waals surface area contributed by atoms with Crippen LogP contribution in [0.2, 0.25) is 0 Å². The zero-order chi connectivity index (χ0) is 14.7. The van der Waals surface area contributed by atoms with Crippen LogP contribution in [0.3, 0.4) is 0 Å². The van der Waals surface area contributed by atoms with E-state index in [1.165, 1.54) is 18.5 Å². The molecule has 0 aliphatic heterocycles. The molecule has 1 aromatic heterocycles. The quantitative estimate of drug-likeness (QED) is 0.697. The van der Waals surface area contributed by atoms with Crippen molar-refractivity contribution in [3.05, 3.63) is 30.2 Å². The van der Waals surface area contributed by atoms with Gasteiger partial charge in [-0.2, -0.15) is 0 Å². The molecule has 8 nitrogen and oxygen atoms in total. The van der Waals surface area contributed by atoms with Crippen molar-refractivity contribution >= 4 is 28.9 Å². The van der Waals surface area contributed by atoms with Crippen molar-refractivity contribution in [1.82, 2.24) is 10.3 Å². The second-order valence-corrected chi connectivity index (χ2v) is 4.07. The number of oxazole rings is 1. The number of aromatic nitrogens is 1. The Morgan fingerprint density at radius 3 is 2.80 bits per heavy atom. The molecule has 2 amide bonds. The smallest absolute Gasteiger partial charge is 0.326 e. The maximum absolute atomic E-state index is 11.9. The number of primary amides is 1. The molecule has 0 saturated heterocycles. The van der Waals surface area contributed by atoms with Gasteiger partial charge in [0.2, 0.25) is 5.91 Å². The number of fused-ring (bicyclic) bond motifs is 1. The van der Waals surface area contributed by atoms with Crippen molar-refractivity contribution < 1.29 is 23.9 Å². The number of aliphatic carboxylic acids is 1. The highest BCUT2D eigenvalue weighted by molar-refractivity contribution is 5.99. The fraction of sp³-hybridized carbons (Fsp3) is 0.167. The summed E-state index contributed by atoms with van der Waals surface area (Å²) in [5, 5.41) is 11.1. The Hall–Kier alpha value is -2.90. The van der Waals surface area contributed by atoms with Gasteiger partial charge < -0.3 is 20.6 Å². The van der Waals surface area contributed by atoms with Crippen LogP contribution in [0.15, 0.2) is 29.0 Å². The summed E-state index contributed by atoms with van der Waals surface area (Å²) in [6.07, 6.45) is 0.757. The predicted octanol–water partition coefficient (Wildman–Crippen LogP) is -0.114. The highest BCUT2D eigenvalue weighted by atomic mass is 16.4. The van der Waals surface area contributed by atoms with Crippen LogP contribution in [0.4, 0.5) is 0 Å². The molecule has 2 aromatic rings. The van der Waals surface area contributed by atoms with Crippen LogP contribution in [0.1, 0.15) is 16.8 Å². The molecule has 1 unspecified atom stereocenters. The van der Waals surface area contributed by atoms with E-state index in [4.69, 9.17) is 15.3 Å². The van der Waals surface area contributed by atoms with E-state index in [0.717, 1.165) is 0 Å². The van der Waals surface area contributed by atoms with E-state index in [2.05, 4.69) is 10.3 Å². The van der Waals surface area contributed by atoms with Gasteiger partial charge >= 0.3 is 5.97 Å². The van der Waals surface area contributed by atoms with Gasteiger partial charge in [-0.25, -0.2) is 9.78 Å². The normalized spacial score (nSPS) is 12.0. The minimum atomic E-state index is -1.37. The molecule has 0 spiro atoms. The summed E-state index contributed by atoms with van der Waals surface area (Å²) in [6, 6.07) is 3.10. The Balaban J connectivity index is 2.17. The Kier molecular flexibility index (Phi) is 3.65. The second kappa shape index (κ2) is 5.39. The largest absolute Gasteiger partial charge is 0.480 e. The first-order chi connectivity index (χ1) is 9.47. The van der Waals surface area contributed by atoms with Crippen LogP contribution in [-0.2, 0) is 9.59 Å². The molecule has 0 fully saturated rings. The molecule has 0 aliphatic rings. The van der Waals surface area contributed by atoms with Gasteiger partial charge in [0.1, 0.15) is 11.6 Å². The highest BCUT2D eigenvalue weighted by Gasteiger charge is 2.22. The van der Waals surface area contributed by atoms with Crippen molar-refractivity contribution in [2.24, 2.45) is 5.73 Å². The summed E-state index contributed by atoms with van der Waals surface area (Å²) in [4.78, 5) is 37.5. The molecule has 0 radical (unpaired) electrons. The highest BCUT2D eigenvalue weighted by Crippen LogP contribution is 2.14. The van der Waals surface area contributed by atoms with Crippen LogP contribution in [0, 0.1) is 0 Å². The number of amides is 2. The van der Waals surface area contributed by atoms with Crippen LogP contribution >= 0.6 is 0 Å². The van der Waals surface area contributed by atoms with Crippen molar-refractivity contribution in [2.75, 3.05) is 0 Å². The Morgan fingerprint density at radius 2 is 2.15 bits per heavy atom. The molecule has 0 aliphatic carbocycles. The molecule has 20 heavy (non-hydrogen) atoms. The molecule has 8 heteroatoms. The van der Waals surface area contributed by atoms with E-state index in [-0.39, 0.29) is 5.56 Å². The van der Waals surface area contributed by atoms with E-state index in [9.17, 15) is 14.4 Å². The van der Waals surface area contributed by atoms with Gasteiger partial charge in [-0.3, -0.25) is 9.59 Å². The van der Waals surface area contributed by atoms with E-state index in [1.807, 2.05) is 0 Å². The maximum atomic E-state index is 11.9. The number of nitrogens with two attached hydrogens (primary N) is 1.